The molecule has 6 heteroatoms. The van der Waals surface area contributed by atoms with Gasteiger partial charge in [0.25, 0.3) is 0 Å². The molecule has 0 heterocycles. The second kappa shape index (κ2) is 8.77. The zero-order valence-electron chi connectivity index (χ0n) is 12.8. The standard InChI is InChI=1S/C18H15F2IO3/c1-2-23-17-11-12(4-10-16(17)24-18(19)20)3-9-15(22)13-5-7-14(21)8-6-13/h3-11,18H,2H2,1H3/b9-3+. The highest BCUT2D eigenvalue weighted by Crippen LogP contribution is 2.30. The van der Waals surface area contributed by atoms with Crippen molar-refractivity contribution in [3.63, 3.8) is 0 Å². The van der Waals surface area contributed by atoms with E-state index in [-0.39, 0.29) is 17.3 Å². The van der Waals surface area contributed by atoms with Gasteiger partial charge in [0.05, 0.1) is 6.61 Å². The molecule has 0 spiro atoms. The summed E-state index contributed by atoms with van der Waals surface area (Å²) >= 11 is 2.16. The van der Waals surface area contributed by atoms with Gasteiger partial charge in [-0.3, -0.25) is 4.79 Å². The molecule has 0 N–H and O–H groups in total. The van der Waals surface area contributed by atoms with Crippen molar-refractivity contribution in [1.29, 1.82) is 0 Å². The van der Waals surface area contributed by atoms with Crippen molar-refractivity contribution in [3.05, 3.63) is 63.2 Å². The van der Waals surface area contributed by atoms with Gasteiger partial charge in [0.1, 0.15) is 0 Å². The number of halogens is 3. The van der Waals surface area contributed by atoms with Crippen molar-refractivity contribution >= 4 is 34.5 Å². The monoisotopic (exact) mass is 444 g/mol. The molecule has 0 bridgehead atoms. The average Bonchev–Trinajstić information content (AvgIpc) is 2.55. The van der Waals surface area contributed by atoms with E-state index in [4.69, 9.17) is 4.74 Å². The lowest BCUT2D eigenvalue weighted by molar-refractivity contribution is -0.0514. The predicted octanol–water partition coefficient (Wildman–Crippen LogP) is 5.19. The lowest BCUT2D eigenvalue weighted by atomic mass is 10.1. The molecule has 3 nitrogen and oxygen atoms in total. The van der Waals surface area contributed by atoms with E-state index in [1.165, 1.54) is 12.1 Å². The topological polar surface area (TPSA) is 35.5 Å². The first kappa shape index (κ1) is 18.4. The fourth-order valence-electron chi connectivity index (χ4n) is 1.97. The van der Waals surface area contributed by atoms with Gasteiger partial charge in [-0.05, 0) is 65.4 Å². The van der Waals surface area contributed by atoms with E-state index in [9.17, 15) is 13.6 Å². The van der Waals surface area contributed by atoms with Gasteiger partial charge in [-0.2, -0.15) is 8.78 Å². The van der Waals surface area contributed by atoms with Crippen molar-refractivity contribution in [3.8, 4) is 11.5 Å². The minimum atomic E-state index is -2.92. The highest BCUT2D eigenvalue weighted by molar-refractivity contribution is 14.1. The molecule has 0 radical (unpaired) electrons. The van der Waals surface area contributed by atoms with Crippen LogP contribution in [0.1, 0.15) is 22.8 Å². The predicted molar refractivity (Wildman–Crippen MR) is 96.8 cm³/mol. The molecule has 0 aliphatic heterocycles. The quantitative estimate of drug-likeness (QED) is 0.335. The maximum atomic E-state index is 12.4. The van der Waals surface area contributed by atoms with Crippen LogP contribution in [0.5, 0.6) is 11.5 Å². The van der Waals surface area contributed by atoms with Gasteiger partial charge in [-0.15, -0.1) is 0 Å². The summed E-state index contributed by atoms with van der Waals surface area (Å²) in [6.07, 6.45) is 3.04. The summed E-state index contributed by atoms with van der Waals surface area (Å²) in [6, 6.07) is 11.7. The smallest absolute Gasteiger partial charge is 0.387 e. The molecule has 2 aromatic rings. The zero-order chi connectivity index (χ0) is 17.5. The third-order valence-electron chi connectivity index (χ3n) is 3.04. The first-order valence-electron chi connectivity index (χ1n) is 7.19. The van der Waals surface area contributed by atoms with Gasteiger partial charge in [-0.1, -0.05) is 24.3 Å². The molecule has 0 aliphatic rings. The molecule has 126 valence electrons. The maximum Gasteiger partial charge on any atom is 0.387 e. The number of hydrogen-bond donors (Lipinski definition) is 0. The van der Waals surface area contributed by atoms with Crippen LogP contribution < -0.4 is 9.47 Å². The number of ketones is 1. The Balaban J connectivity index is 2.17. The van der Waals surface area contributed by atoms with Crippen LogP contribution in [0.3, 0.4) is 0 Å². The number of allylic oxidation sites excluding steroid dienone is 1. The van der Waals surface area contributed by atoms with Crippen LogP contribution in [0.25, 0.3) is 6.08 Å². The first-order chi connectivity index (χ1) is 11.5. The molecule has 2 aromatic carbocycles. The van der Waals surface area contributed by atoms with Crippen molar-refractivity contribution < 1.29 is 23.0 Å². The van der Waals surface area contributed by atoms with Crippen LogP contribution in [0.2, 0.25) is 0 Å². The lowest BCUT2D eigenvalue weighted by Gasteiger charge is -2.11. The fourth-order valence-corrected chi connectivity index (χ4v) is 2.33. The average molecular weight is 444 g/mol. The Kier molecular flexibility index (Phi) is 6.72. The number of carbonyl (C=O) groups is 1. The molecule has 0 atom stereocenters. The first-order valence-corrected chi connectivity index (χ1v) is 8.27. The van der Waals surface area contributed by atoms with Crippen LogP contribution in [0, 0.1) is 3.57 Å². The molecular formula is C18H15F2IO3. The molecule has 0 fully saturated rings. The van der Waals surface area contributed by atoms with Crippen molar-refractivity contribution in [2.45, 2.75) is 13.5 Å². The van der Waals surface area contributed by atoms with E-state index >= 15 is 0 Å². The minimum absolute atomic E-state index is 0.0343. The van der Waals surface area contributed by atoms with Crippen LogP contribution in [-0.4, -0.2) is 19.0 Å². The fraction of sp³-hybridized carbons (Fsp3) is 0.167. The highest BCUT2D eigenvalue weighted by Gasteiger charge is 2.11. The van der Waals surface area contributed by atoms with Gasteiger partial charge in [0.2, 0.25) is 0 Å². The molecule has 2 rings (SSSR count). The number of ether oxygens (including phenoxy) is 2. The van der Waals surface area contributed by atoms with Crippen LogP contribution in [0.4, 0.5) is 8.78 Å². The molecule has 0 aliphatic carbocycles. The number of carbonyl (C=O) groups excluding carboxylic acids is 1. The van der Waals surface area contributed by atoms with E-state index in [0.717, 1.165) is 3.57 Å². The Labute approximate surface area is 152 Å². The second-order valence-electron chi connectivity index (χ2n) is 4.72. The molecule has 0 amide bonds. The number of rotatable bonds is 7. The van der Waals surface area contributed by atoms with E-state index in [1.54, 1.807) is 37.3 Å². The highest BCUT2D eigenvalue weighted by atomic mass is 127. The number of benzene rings is 2. The van der Waals surface area contributed by atoms with E-state index in [1.807, 2.05) is 12.1 Å². The number of alkyl halides is 2. The molecule has 0 saturated carbocycles. The van der Waals surface area contributed by atoms with Gasteiger partial charge >= 0.3 is 6.61 Å². The summed E-state index contributed by atoms with van der Waals surface area (Å²) in [5, 5.41) is 0. The summed E-state index contributed by atoms with van der Waals surface area (Å²) in [4.78, 5) is 12.1. The summed E-state index contributed by atoms with van der Waals surface area (Å²) < 4.78 is 35.5. The Morgan fingerprint density at radius 2 is 1.88 bits per heavy atom. The van der Waals surface area contributed by atoms with Gasteiger partial charge < -0.3 is 9.47 Å². The lowest BCUT2D eigenvalue weighted by Crippen LogP contribution is -2.04. The Morgan fingerprint density at radius 1 is 1.17 bits per heavy atom. The third kappa shape index (κ3) is 5.30. The molecule has 0 aromatic heterocycles. The summed E-state index contributed by atoms with van der Waals surface area (Å²) in [5.41, 5.74) is 1.23. The largest absolute Gasteiger partial charge is 0.490 e. The van der Waals surface area contributed by atoms with E-state index < -0.39 is 6.61 Å². The molecular weight excluding hydrogens is 429 g/mol. The molecule has 0 saturated heterocycles. The minimum Gasteiger partial charge on any atom is -0.490 e. The van der Waals surface area contributed by atoms with Crippen molar-refractivity contribution in [2.24, 2.45) is 0 Å². The second-order valence-corrected chi connectivity index (χ2v) is 5.97. The SMILES string of the molecule is CCOc1cc(/C=C/C(=O)c2ccc(I)cc2)ccc1OC(F)F. The molecule has 0 unspecified atom stereocenters. The van der Waals surface area contributed by atoms with Crippen molar-refractivity contribution in [2.75, 3.05) is 6.61 Å². The zero-order valence-corrected chi connectivity index (χ0v) is 15.0. The summed E-state index contributed by atoms with van der Waals surface area (Å²) in [6.45, 7) is -0.864. The Hall–Kier alpha value is -1.96. The van der Waals surface area contributed by atoms with Gasteiger partial charge in [0, 0.05) is 9.13 Å². The van der Waals surface area contributed by atoms with Crippen molar-refractivity contribution in [1.82, 2.24) is 0 Å². The third-order valence-corrected chi connectivity index (χ3v) is 3.76. The van der Waals surface area contributed by atoms with Crippen LogP contribution in [0.15, 0.2) is 48.5 Å². The van der Waals surface area contributed by atoms with Gasteiger partial charge in [-0.25, -0.2) is 0 Å². The molecule has 24 heavy (non-hydrogen) atoms. The van der Waals surface area contributed by atoms with Crippen LogP contribution >= 0.6 is 22.6 Å². The normalized spacial score (nSPS) is 11.0. The maximum absolute atomic E-state index is 12.4. The van der Waals surface area contributed by atoms with E-state index in [2.05, 4.69) is 27.3 Å². The van der Waals surface area contributed by atoms with Crippen LogP contribution in [-0.2, 0) is 0 Å². The summed E-state index contributed by atoms with van der Waals surface area (Å²) in [5.74, 6) is 0.0342. The summed E-state index contributed by atoms with van der Waals surface area (Å²) in [7, 11) is 0. The number of hydrogen-bond acceptors (Lipinski definition) is 3. The van der Waals surface area contributed by atoms with Gasteiger partial charge in [0.15, 0.2) is 17.3 Å². The van der Waals surface area contributed by atoms with E-state index in [0.29, 0.717) is 17.7 Å². The Morgan fingerprint density at radius 3 is 2.50 bits per heavy atom. The Bertz CT molecular complexity index is 728.